The zero-order valence-corrected chi connectivity index (χ0v) is 62.6. The molecule has 5 saturated heterocycles. The van der Waals surface area contributed by atoms with Gasteiger partial charge in [-0.05, 0) is 12.8 Å². The van der Waals surface area contributed by atoms with Gasteiger partial charge < -0.3 is 124 Å². The summed E-state index contributed by atoms with van der Waals surface area (Å²) in [6.07, 6.45) is -45.9. The monoisotopic (exact) mass is 1570 g/mol. The Morgan fingerprint density at radius 2 is 0.505 bits per heavy atom. The molecule has 612 valence electrons. The van der Waals surface area contributed by atoms with Crippen LogP contribution in [0.2, 0.25) is 0 Å². The summed E-state index contributed by atoms with van der Waals surface area (Å²) >= 11 is 0. The van der Waals surface area contributed by atoms with Crippen molar-refractivity contribution in [1.29, 1.82) is 0 Å². The van der Waals surface area contributed by atoms with Crippen LogP contribution in [0.5, 0.6) is 0 Å². The lowest BCUT2D eigenvalue weighted by Gasteiger charge is -2.52. The second-order valence-corrected chi connectivity index (χ2v) is 24.9. The Morgan fingerprint density at radius 3 is 0.807 bits per heavy atom. The smallest absolute Gasteiger partial charge is 0.303 e. The van der Waals surface area contributed by atoms with Gasteiger partial charge in [-0.25, -0.2) is 0 Å². The summed E-state index contributed by atoms with van der Waals surface area (Å²) in [7, 11) is 0. The van der Waals surface area contributed by atoms with E-state index in [-0.39, 0.29) is 6.61 Å². The molecule has 0 aromatic carbocycles. The molecule has 25 atom stereocenters. The lowest BCUT2D eigenvalue weighted by atomic mass is 9.93. The summed E-state index contributed by atoms with van der Waals surface area (Å²) in [5, 5.41) is 2.54. The van der Waals surface area contributed by atoms with Gasteiger partial charge in [0.25, 0.3) is 0 Å². The summed E-state index contributed by atoms with van der Waals surface area (Å²) in [4.78, 5) is 210. The van der Waals surface area contributed by atoms with Crippen LogP contribution in [0.1, 0.15) is 124 Å². The molecule has 1 N–H and O–H groups in total. The molecule has 0 saturated carbocycles. The van der Waals surface area contributed by atoms with Crippen molar-refractivity contribution in [3.05, 3.63) is 12.7 Å². The average Bonchev–Trinajstić information content (AvgIpc) is 0.759. The van der Waals surface area contributed by atoms with E-state index in [0.29, 0.717) is 12.8 Å². The molecule has 1 amide bonds. The van der Waals surface area contributed by atoms with Gasteiger partial charge in [-0.1, -0.05) is 6.08 Å². The molecule has 5 rings (SSSR count). The molecule has 5 heterocycles. The predicted octanol–water partition coefficient (Wildman–Crippen LogP) is -1.23. The zero-order valence-electron chi connectivity index (χ0n) is 62.6. The number of carbonyl (C=O) groups excluding carboxylic acids is 16. The summed E-state index contributed by atoms with van der Waals surface area (Å²) in [6.45, 7) is 14.1. The highest BCUT2D eigenvalue weighted by atomic mass is 16.8. The van der Waals surface area contributed by atoms with Gasteiger partial charge in [0.05, 0.1) is 6.61 Å². The lowest BCUT2D eigenvalue weighted by Crippen LogP contribution is -2.71. The minimum Gasteiger partial charge on any atom is -0.463 e. The van der Waals surface area contributed by atoms with E-state index in [9.17, 15) is 76.7 Å². The first-order valence-corrected chi connectivity index (χ1v) is 34.0. The maximum atomic E-state index is 13.8. The molecular formula is C67H93NO41. The molecule has 0 aliphatic carbocycles. The van der Waals surface area contributed by atoms with Crippen molar-refractivity contribution in [2.24, 2.45) is 0 Å². The molecule has 0 radical (unpaired) electrons. The summed E-state index contributed by atoms with van der Waals surface area (Å²) < 4.78 is 149. The van der Waals surface area contributed by atoms with Crippen LogP contribution in [0.15, 0.2) is 12.7 Å². The first kappa shape index (κ1) is 90.5. The molecule has 42 heteroatoms. The van der Waals surface area contributed by atoms with E-state index < -0.39 is 282 Å². The van der Waals surface area contributed by atoms with E-state index in [2.05, 4.69) is 11.9 Å². The fourth-order valence-electron chi connectivity index (χ4n) is 12.0. The van der Waals surface area contributed by atoms with Gasteiger partial charge in [-0.15, -0.1) is 6.58 Å². The van der Waals surface area contributed by atoms with Crippen molar-refractivity contribution in [2.45, 2.75) is 277 Å². The third-order valence-corrected chi connectivity index (χ3v) is 15.7. The molecule has 5 aliphatic rings. The van der Waals surface area contributed by atoms with Crippen LogP contribution in [0.25, 0.3) is 0 Å². The van der Waals surface area contributed by atoms with Gasteiger partial charge in [-0.2, -0.15) is 0 Å². The third-order valence-electron chi connectivity index (χ3n) is 15.7. The van der Waals surface area contributed by atoms with E-state index in [1.165, 1.54) is 0 Å². The van der Waals surface area contributed by atoms with Crippen LogP contribution < -0.4 is 5.32 Å². The highest BCUT2D eigenvalue weighted by Gasteiger charge is 2.63. The van der Waals surface area contributed by atoms with Gasteiger partial charge >= 0.3 is 89.5 Å². The van der Waals surface area contributed by atoms with Gasteiger partial charge in [0, 0.05) is 111 Å². The summed E-state index contributed by atoms with van der Waals surface area (Å²) in [5.41, 5.74) is 0. The Hall–Kier alpha value is -9.14. The Labute approximate surface area is 623 Å². The lowest BCUT2D eigenvalue weighted by molar-refractivity contribution is -0.389. The number of nitrogens with one attached hydrogen (secondary N) is 1. The highest BCUT2D eigenvalue weighted by Crippen LogP contribution is 2.41. The Balaban J connectivity index is 1.82. The molecule has 5 aliphatic heterocycles. The van der Waals surface area contributed by atoms with Gasteiger partial charge in [0.15, 0.2) is 92.5 Å². The predicted molar refractivity (Wildman–Crippen MR) is 344 cm³/mol. The first-order chi connectivity index (χ1) is 51.2. The molecule has 5 fully saturated rings. The van der Waals surface area contributed by atoms with Crippen molar-refractivity contribution >= 4 is 95.4 Å². The highest BCUT2D eigenvalue weighted by molar-refractivity contribution is 5.74. The van der Waals surface area contributed by atoms with E-state index in [1.54, 1.807) is 6.08 Å². The second kappa shape index (κ2) is 42.7. The summed E-state index contributed by atoms with van der Waals surface area (Å²) in [5.74, 6) is -17.0. The number of unbranched alkanes of at least 4 members (excludes halogenated alkanes) is 1. The Kier molecular flexibility index (Phi) is 35.5. The average molecular weight is 1570 g/mol. The number of carbonyl (C=O) groups is 16. The molecule has 0 unspecified atom stereocenters. The Morgan fingerprint density at radius 1 is 0.275 bits per heavy atom. The van der Waals surface area contributed by atoms with Crippen LogP contribution in [0, 0.1) is 0 Å². The molecule has 0 aromatic rings. The number of ether oxygens (including phenoxy) is 25. The minimum absolute atomic E-state index is 0.0809. The number of allylic oxidation sites excluding steroid dienone is 1. The minimum atomic E-state index is -2.37. The molecular weight excluding hydrogens is 1470 g/mol. The van der Waals surface area contributed by atoms with Crippen LogP contribution in [0.4, 0.5) is 0 Å². The van der Waals surface area contributed by atoms with Crippen LogP contribution in [-0.2, 0) is 195 Å². The Bertz CT molecular complexity index is 3250. The van der Waals surface area contributed by atoms with E-state index in [1.807, 2.05) is 0 Å². The largest absolute Gasteiger partial charge is 0.463 e. The third kappa shape index (κ3) is 28.0. The number of esters is 15. The van der Waals surface area contributed by atoms with Crippen LogP contribution in [0.3, 0.4) is 0 Å². The first-order valence-electron chi connectivity index (χ1n) is 34.0. The standard InChI is InChI=1S/C67H93NO41/c1-18-19-20-21-85-64-59(97-39(14)81)56(95-37(12)79)52(46(102-64)25-89-31(6)73)106-65-61(99-41(16)83)57(96-38(13)80)53(47(105-65)26-90-32(7)74)107-66-62(100-42(17)84)58(51(93-35(10)77)45(103-66)24-88-30(5)72)109-63-48(68-27(2)69)54(49(91-33(8)75)43(101-63)22-86-28(3)70)108-67-60(98-40(15)82)55(94-36(11)78)50(92-34(9)76)44(104-67)23-87-29(4)71/h18,43-67H,1,19-26H2,2-17H3,(H,68,69)/t43-,44-,45-,46-,47-,48-,49+,50+,51+,52-,53+,54-,55+,56+,57+,58+,59-,60-,61-,62-,63+,64-,65+,66-,67+/m1/s1. The molecule has 0 bridgehead atoms. The SMILES string of the molecule is C=CCCCO[C@@H]1O[C@H](COC(C)=O)[C@@H](O[C@@H]2O[C@H](COC(C)=O)[C@H](O[C@H]3O[C@H](COC(C)=O)[C@H](OC(C)=O)[C@H](O[C@@H]4O[C@H](COC(C)=O)[C@H](OC(C)=O)[C@H](O[C@@H]5O[C@H](COC(C)=O)[C@H](OC(C)=O)[C@H](OC(C)=O)[C@H]5OC(C)=O)[C@H]4NC(C)=O)[C@H]3OC(C)=O)[C@H](OC(C)=O)[C@H]2OC(C)=O)[C@H](OC(C)=O)[C@H]1OC(C)=O. The fraction of sp³-hybridized carbons (Fsp3) is 0.731. The normalized spacial score (nSPS) is 31.9. The quantitative estimate of drug-likeness (QED) is 0.0341. The molecule has 0 aromatic heterocycles. The van der Waals surface area contributed by atoms with Crippen molar-refractivity contribution in [3.63, 3.8) is 0 Å². The van der Waals surface area contributed by atoms with E-state index in [0.717, 1.165) is 111 Å². The van der Waals surface area contributed by atoms with Crippen LogP contribution >= 0.6 is 0 Å². The van der Waals surface area contributed by atoms with Gasteiger partial charge in [0.2, 0.25) is 5.91 Å². The maximum Gasteiger partial charge on any atom is 0.303 e. The van der Waals surface area contributed by atoms with Crippen molar-refractivity contribution < 1.29 is 195 Å². The van der Waals surface area contributed by atoms with Crippen LogP contribution in [-0.4, -0.2) is 289 Å². The maximum absolute atomic E-state index is 13.8. The van der Waals surface area contributed by atoms with Gasteiger partial charge in [0.1, 0.15) is 94.0 Å². The number of hydrogen-bond donors (Lipinski definition) is 1. The van der Waals surface area contributed by atoms with E-state index >= 15 is 0 Å². The number of amides is 1. The topological polar surface area (TPSA) is 516 Å². The zero-order chi connectivity index (χ0) is 81.4. The molecule has 109 heavy (non-hydrogen) atoms. The number of hydrogen-bond acceptors (Lipinski definition) is 41. The summed E-state index contributed by atoms with van der Waals surface area (Å²) in [6, 6.07) is -2.06. The van der Waals surface area contributed by atoms with Gasteiger partial charge in [-0.3, -0.25) is 76.7 Å². The number of rotatable bonds is 34. The van der Waals surface area contributed by atoms with Crippen molar-refractivity contribution in [2.75, 3.05) is 39.6 Å². The fourth-order valence-corrected chi connectivity index (χ4v) is 12.0. The molecule has 0 spiro atoms. The molecule has 42 nitrogen and oxygen atoms in total. The second-order valence-electron chi connectivity index (χ2n) is 24.9. The van der Waals surface area contributed by atoms with Crippen molar-refractivity contribution in [1.82, 2.24) is 5.32 Å². The van der Waals surface area contributed by atoms with Crippen molar-refractivity contribution in [3.8, 4) is 0 Å². The van der Waals surface area contributed by atoms with E-state index in [4.69, 9.17) is 118 Å².